The third kappa shape index (κ3) is 3.28. The molecule has 110 valence electrons. The molecule has 0 aromatic heterocycles. The highest BCUT2D eigenvalue weighted by molar-refractivity contribution is 6.00. The highest BCUT2D eigenvalue weighted by Crippen LogP contribution is 2.19. The zero-order chi connectivity index (χ0) is 14.9. The van der Waals surface area contributed by atoms with Crippen LogP contribution in [-0.2, 0) is 4.74 Å². The van der Waals surface area contributed by atoms with Gasteiger partial charge in [-0.2, -0.15) is 0 Å². The molecule has 3 nitrogen and oxygen atoms in total. The lowest BCUT2D eigenvalue weighted by atomic mass is 9.96. The van der Waals surface area contributed by atoms with Crippen LogP contribution in [0.2, 0.25) is 0 Å². The van der Waals surface area contributed by atoms with E-state index in [1.807, 2.05) is 13.8 Å². The first-order valence-electron chi connectivity index (χ1n) is 7.35. The summed E-state index contributed by atoms with van der Waals surface area (Å²) >= 11 is 0. The molecule has 0 bridgehead atoms. The molecule has 0 N–H and O–H groups in total. The van der Waals surface area contributed by atoms with Gasteiger partial charge >= 0.3 is 0 Å². The number of aryl methyl sites for hydroxylation is 3. The molecule has 3 heteroatoms. The summed E-state index contributed by atoms with van der Waals surface area (Å²) in [6, 6.07) is 4.48. The Kier molecular flexibility index (Phi) is 4.61. The van der Waals surface area contributed by atoms with Gasteiger partial charge in [-0.3, -0.25) is 9.69 Å². The second-order valence-electron chi connectivity index (χ2n) is 6.12. The number of benzene rings is 1. The minimum Gasteiger partial charge on any atom is -0.376 e. The second-order valence-corrected chi connectivity index (χ2v) is 6.12. The molecule has 0 amide bonds. The monoisotopic (exact) mass is 275 g/mol. The van der Waals surface area contributed by atoms with E-state index in [1.54, 1.807) is 0 Å². The molecule has 0 saturated carbocycles. The largest absolute Gasteiger partial charge is 0.376 e. The number of carbonyl (C=O) groups is 1. The first kappa shape index (κ1) is 15.2. The van der Waals surface area contributed by atoms with Crippen molar-refractivity contribution in [3.05, 3.63) is 34.4 Å². The van der Waals surface area contributed by atoms with Gasteiger partial charge < -0.3 is 4.74 Å². The topological polar surface area (TPSA) is 29.5 Å². The molecule has 0 radical (unpaired) electrons. The predicted octanol–water partition coefficient (Wildman–Crippen LogP) is 2.90. The van der Waals surface area contributed by atoms with Crippen LogP contribution < -0.4 is 0 Å². The lowest BCUT2D eigenvalue weighted by Crippen LogP contribution is -2.49. The predicted molar refractivity (Wildman–Crippen MR) is 81.4 cm³/mol. The molecular formula is C17H25NO2. The summed E-state index contributed by atoms with van der Waals surface area (Å²) in [7, 11) is 0. The number of ether oxygens (including phenoxy) is 1. The number of hydrogen-bond donors (Lipinski definition) is 0. The van der Waals surface area contributed by atoms with Gasteiger partial charge in [0, 0.05) is 18.2 Å². The maximum absolute atomic E-state index is 12.6. The van der Waals surface area contributed by atoms with Crippen LogP contribution in [0.1, 0.15) is 40.9 Å². The van der Waals surface area contributed by atoms with Gasteiger partial charge in [0.15, 0.2) is 5.78 Å². The Labute approximate surface area is 121 Å². The highest BCUT2D eigenvalue weighted by Gasteiger charge is 2.26. The maximum Gasteiger partial charge on any atom is 0.177 e. The molecule has 1 aromatic carbocycles. The van der Waals surface area contributed by atoms with E-state index in [1.165, 1.54) is 5.56 Å². The van der Waals surface area contributed by atoms with Crippen molar-refractivity contribution in [2.24, 2.45) is 0 Å². The molecule has 1 aliphatic heterocycles. The first-order valence-corrected chi connectivity index (χ1v) is 7.35. The average Bonchev–Trinajstić information content (AvgIpc) is 2.32. The number of ketones is 1. The van der Waals surface area contributed by atoms with Gasteiger partial charge in [0.2, 0.25) is 0 Å². The molecular weight excluding hydrogens is 250 g/mol. The van der Waals surface area contributed by atoms with E-state index in [4.69, 9.17) is 4.74 Å². The van der Waals surface area contributed by atoms with Gasteiger partial charge in [-0.05, 0) is 45.7 Å². The summed E-state index contributed by atoms with van der Waals surface area (Å²) in [5.74, 6) is 0.223. The molecule has 0 aliphatic carbocycles. The van der Waals surface area contributed by atoms with Crippen molar-refractivity contribution in [1.29, 1.82) is 0 Å². The number of carbonyl (C=O) groups excluding carboxylic acids is 1. The van der Waals surface area contributed by atoms with E-state index < -0.39 is 0 Å². The first-order chi connectivity index (χ1) is 9.38. The van der Waals surface area contributed by atoms with Crippen molar-refractivity contribution >= 4 is 5.78 Å². The molecule has 2 atom stereocenters. The van der Waals surface area contributed by atoms with Crippen LogP contribution in [0.25, 0.3) is 0 Å². The molecule has 1 aliphatic rings. The standard InChI is InChI=1S/C17H25NO2/c1-11-6-12(2)17(13(3)7-11)16(19)9-18-8-15(5)20-10-14(18)4/h6-7,14-15H,8-10H2,1-5H3. The van der Waals surface area contributed by atoms with Crippen LogP contribution in [-0.4, -0.2) is 42.5 Å². The zero-order valence-corrected chi connectivity index (χ0v) is 13.2. The van der Waals surface area contributed by atoms with E-state index in [9.17, 15) is 4.79 Å². The molecule has 20 heavy (non-hydrogen) atoms. The Balaban J connectivity index is 2.16. The Morgan fingerprint density at radius 1 is 1.25 bits per heavy atom. The second kappa shape index (κ2) is 6.06. The van der Waals surface area contributed by atoms with Crippen LogP contribution in [0.3, 0.4) is 0 Å². The molecule has 1 fully saturated rings. The maximum atomic E-state index is 12.6. The van der Waals surface area contributed by atoms with Crippen molar-refractivity contribution in [3.8, 4) is 0 Å². The van der Waals surface area contributed by atoms with Crippen LogP contribution >= 0.6 is 0 Å². The minimum absolute atomic E-state index is 0.208. The van der Waals surface area contributed by atoms with Crippen LogP contribution in [0.15, 0.2) is 12.1 Å². The third-order valence-corrected chi connectivity index (χ3v) is 4.04. The van der Waals surface area contributed by atoms with Crippen molar-refractivity contribution < 1.29 is 9.53 Å². The number of rotatable bonds is 3. The summed E-state index contributed by atoms with van der Waals surface area (Å²) in [5.41, 5.74) is 4.27. The fraction of sp³-hybridized carbons (Fsp3) is 0.588. The number of nitrogens with zero attached hydrogens (tertiary/aromatic N) is 1. The number of Topliss-reactive ketones (excluding diaryl/α,β-unsaturated/α-hetero) is 1. The normalized spacial score (nSPS) is 23.9. The Morgan fingerprint density at radius 3 is 2.45 bits per heavy atom. The van der Waals surface area contributed by atoms with Crippen molar-refractivity contribution in [1.82, 2.24) is 4.90 Å². The van der Waals surface area contributed by atoms with Crippen LogP contribution in [0.5, 0.6) is 0 Å². The van der Waals surface area contributed by atoms with Gasteiger partial charge in [0.25, 0.3) is 0 Å². The minimum atomic E-state index is 0.208. The molecule has 1 saturated heterocycles. The van der Waals surface area contributed by atoms with E-state index in [2.05, 4.69) is 37.8 Å². The van der Waals surface area contributed by atoms with E-state index in [0.717, 1.165) is 23.2 Å². The van der Waals surface area contributed by atoms with Crippen LogP contribution in [0, 0.1) is 20.8 Å². The average molecular weight is 275 g/mol. The Bertz CT molecular complexity index is 487. The van der Waals surface area contributed by atoms with Crippen molar-refractivity contribution in [3.63, 3.8) is 0 Å². The Morgan fingerprint density at radius 2 is 1.85 bits per heavy atom. The Hall–Kier alpha value is -1.19. The molecule has 2 rings (SSSR count). The fourth-order valence-corrected chi connectivity index (χ4v) is 3.08. The molecule has 2 unspecified atom stereocenters. The number of morpholine rings is 1. The van der Waals surface area contributed by atoms with Crippen molar-refractivity contribution in [2.75, 3.05) is 19.7 Å². The van der Waals surface area contributed by atoms with Gasteiger partial charge in [-0.1, -0.05) is 17.7 Å². The molecule has 1 heterocycles. The van der Waals surface area contributed by atoms with Gasteiger partial charge in [-0.25, -0.2) is 0 Å². The zero-order valence-electron chi connectivity index (χ0n) is 13.2. The SMILES string of the molecule is Cc1cc(C)c(C(=O)CN2CC(C)OCC2C)c(C)c1. The van der Waals surface area contributed by atoms with E-state index in [0.29, 0.717) is 19.2 Å². The smallest absolute Gasteiger partial charge is 0.177 e. The summed E-state index contributed by atoms with van der Waals surface area (Å²) in [6.07, 6.45) is 0.208. The summed E-state index contributed by atoms with van der Waals surface area (Å²) in [4.78, 5) is 14.9. The van der Waals surface area contributed by atoms with E-state index in [-0.39, 0.29) is 11.9 Å². The lowest BCUT2D eigenvalue weighted by molar-refractivity contribution is -0.0460. The van der Waals surface area contributed by atoms with Gasteiger partial charge in [-0.15, -0.1) is 0 Å². The summed E-state index contributed by atoms with van der Waals surface area (Å²) < 4.78 is 5.62. The van der Waals surface area contributed by atoms with Gasteiger partial charge in [0.1, 0.15) is 0 Å². The molecule has 0 spiro atoms. The molecule has 1 aromatic rings. The quantitative estimate of drug-likeness (QED) is 0.794. The summed E-state index contributed by atoms with van der Waals surface area (Å²) in [5, 5.41) is 0. The number of hydrogen-bond acceptors (Lipinski definition) is 3. The third-order valence-electron chi connectivity index (χ3n) is 4.04. The van der Waals surface area contributed by atoms with Crippen LogP contribution in [0.4, 0.5) is 0 Å². The lowest BCUT2D eigenvalue weighted by Gasteiger charge is -2.36. The van der Waals surface area contributed by atoms with Crippen molar-refractivity contribution in [2.45, 2.75) is 46.8 Å². The van der Waals surface area contributed by atoms with Gasteiger partial charge in [0.05, 0.1) is 19.3 Å². The highest BCUT2D eigenvalue weighted by atomic mass is 16.5. The fourth-order valence-electron chi connectivity index (χ4n) is 3.08. The van der Waals surface area contributed by atoms with E-state index >= 15 is 0 Å². The summed E-state index contributed by atoms with van der Waals surface area (Å²) in [6.45, 7) is 12.3.